The van der Waals surface area contributed by atoms with Crippen molar-refractivity contribution in [2.75, 3.05) is 5.75 Å². The number of aromatic nitrogens is 1. The molecule has 0 spiro atoms. The maximum absolute atomic E-state index is 9.31. The van der Waals surface area contributed by atoms with Crippen LogP contribution in [0.2, 0.25) is 0 Å². The number of H-pyrrole nitrogens is 1. The monoisotopic (exact) mass is 193 g/mol. The summed E-state index contributed by atoms with van der Waals surface area (Å²) < 4.78 is 0. The van der Waals surface area contributed by atoms with Gasteiger partial charge in [0.1, 0.15) is 5.75 Å². The Bertz CT molecular complexity index is 422. The molecule has 68 valence electrons. The Kier molecular flexibility index (Phi) is 2.19. The standard InChI is InChI=1S/C10H11NOS/c12-8-1-2-10-9(5-8)7(3-4-13)6-11-10/h1-2,5-6,11-13H,3-4H2. The van der Waals surface area contributed by atoms with E-state index in [4.69, 9.17) is 0 Å². The van der Waals surface area contributed by atoms with Gasteiger partial charge in [0, 0.05) is 17.1 Å². The molecule has 0 radical (unpaired) electrons. The summed E-state index contributed by atoms with van der Waals surface area (Å²) in [6.45, 7) is 0. The molecule has 2 rings (SSSR count). The highest BCUT2D eigenvalue weighted by Crippen LogP contribution is 2.23. The quantitative estimate of drug-likeness (QED) is 0.629. The van der Waals surface area contributed by atoms with Crippen molar-refractivity contribution < 1.29 is 5.11 Å². The van der Waals surface area contributed by atoms with Gasteiger partial charge in [-0.05, 0) is 35.9 Å². The van der Waals surface area contributed by atoms with Crippen LogP contribution < -0.4 is 0 Å². The van der Waals surface area contributed by atoms with Gasteiger partial charge in [-0.15, -0.1) is 0 Å². The second kappa shape index (κ2) is 3.34. The van der Waals surface area contributed by atoms with Gasteiger partial charge < -0.3 is 10.1 Å². The number of aromatic amines is 1. The number of benzene rings is 1. The molecule has 0 aliphatic heterocycles. The van der Waals surface area contributed by atoms with E-state index in [-0.39, 0.29) is 0 Å². The van der Waals surface area contributed by atoms with Crippen LogP contribution in [0.5, 0.6) is 5.75 Å². The summed E-state index contributed by atoms with van der Waals surface area (Å²) in [6.07, 6.45) is 2.90. The fourth-order valence-corrected chi connectivity index (χ4v) is 1.73. The van der Waals surface area contributed by atoms with Crippen molar-refractivity contribution in [3.63, 3.8) is 0 Å². The number of phenolic OH excluding ortho intramolecular Hbond substituents is 1. The first-order valence-electron chi connectivity index (χ1n) is 4.21. The Morgan fingerprint density at radius 1 is 1.38 bits per heavy atom. The highest BCUT2D eigenvalue weighted by Gasteiger charge is 2.02. The molecule has 0 unspecified atom stereocenters. The number of nitrogens with one attached hydrogen (secondary N) is 1. The van der Waals surface area contributed by atoms with Gasteiger partial charge in [0.15, 0.2) is 0 Å². The molecule has 2 nitrogen and oxygen atoms in total. The van der Waals surface area contributed by atoms with Gasteiger partial charge in [-0.2, -0.15) is 12.6 Å². The molecule has 1 heterocycles. The van der Waals surface area contributed by atoms with Crippen molar-refractivity contribution in [2.45, 2.75) is 6.42 Å². The lowest BCUT2D eigenvalue weighted by Crippen LogP contribution is -1.82. The Morgan fingerprint density at radius 2 is 2.23 bits per heavy atom. The van der Waals surface area contributed by atoms with E-state index in [1.807, 2.05) is 12.3 Å². The van der Waals surface area contributed by atoms with Crippen LogP contribution in [0.4, 0.5) is 0 Å². The zero-order chi connectivity index (χ0) is 9.26. The molecule has 0 fully saturated rings. The van der Waals surface area contributed by atoms with Crippen molar-refractivity contribution in [1.82, 2.24) is 4.98 Å². The van der Waals surface area contributed by atoms with Crippen LogP contribution in [-0.2, 0) is 6.42 Å². The average molecular weight is 193 g/mol. The molecule has 0 saturated heterocycles. The molecule has 1 aromatic carbocycles. The highest BCUT2D eigenvalue weighted by molar-refractivity contribution is 7.80. The van der Waals surface area contributed by atoms with E-state index in [1.54, 1.807) is 12.1 Å². The van der Waals surface area contributed by atoms with Crippen LogP contribution >= 0.6 is 12.6 Å². The van der Waals surface area contributed by atoms with Crippen molar-refractivity contribution in [2.24, 2.45) is 0 Å². The summed E-state index contributed by atoms with van der Waals surface area (Å²) in [5.41, 5.74) is 2.27. The number of hydrogen-bond acceptors (Lipinski definition) is 2. The van der Waals surface area contributed by atoms with E-state index in [0.717, 1.165) is 23.1 Å². The first kappa shape index (κ1) is 8.51. The van der Waals surface area contributed by atoms with Gasteiger partial charge in [-0.3, -0.25) is 0 Å². The molecule has 0 aliphatic rings. The van der Waals surface area contributed by atoms with Gasteiger partial charge in [0.2, 0.25) is 0 Å². The zero-order valence-corrected chi connectivity index (χ0v) is 8.01. The van der Waals surface area contributed by atoms with Crippen LogP contribution in [0.15, 0.2) is 24.4 Å². The van der Waals surface area contributed by atoms with Crippen LogP contribution in [0, 0.1) is 0 Å². The molecule has 0 atom stereocenters. The highest BCUT2D eigenvalue weighted by atomic mass is 32.1. The van der Waals surface area contributed by atoms with Crippen molar-refractivity contribution in [3.8, 4) is 5.75 Å². The smallest absolute Gasteiger partial charge is 0.116 e. The second-order valence-corrected chi connectivity index (χ2v) is 3.46. The molecule has 0 aliphatic carbocycles. The summed E-state index contributed by atoms with van der Waals surface area (Å²) >= 11 is 4.18. The van der Waals surface area contributed by atoms with Gasteiger partial charge in [0.25, 0.3) is 0 Å². The average Bonchev–Trinajstić information content (AvgIpc) is 2.49. The maximum Gasteiger partial charge on any atom is 0.116 e. The Balaban J connectivity index is 2.58. The first-order chi connectivity index (χ1) is 6.31. The molecule has 0 saturated carbocycles. The summed E-state index contributed by atoms with van der Waals surface area (Å²) in [7, 11) is 0. The van der Waals surface area contributed by atoms with Crippen molar-refractivity contribution in [3.05, 3.63) is 30.0 Å². The van der Waals surface area contributed by atoms with Crippen molar-refractivity contribution in [1.29, 1.82) is 0 Å². The van der Waals surface area contributed by atoms with E-state index in [1.165, 1.54) is 5.56 Å². The molecule has 13 heavy (non-hydrogen) atoms. The minimum Gasteiger partial charge on any atom is -0.508 e. The lowest BCUT2D eigenvalue weighted by Gasteiger charge is -1.96. The van der Waals surface area contributed by atoms with Gasteiger partial charge in [0.05, 0.1) is 0 Å². The van der Waals surface area contributed by atoms with E-state index in [0.29, 0.717) is 5.75 Å². The van der Waals surface area contributed by atoms with E-state index in [9.17, 15) is 5.11 Å². The van der Waals surface area contributed by atoms with Gasteiger partial charge in [-0.25, -0.2) is 0 Å². The number of rotatable bonds is 2. The SMILES string of the molecule is Oc1ccc2[nH]cc(CCS)c2c1. The fraction of sp³-hybridized carbons (Fsp3) is 0.200. The summed E-state index contributed by atoms with van der Waals surface area (Å²) in [5.74, 6) is 1.13. The van der Waals surface area contributed by atoms with E-state index >= 15 is 0 Å². The van der Waals surface area contributed by atoms with Crippen molar-refractivity contribution >= 4 is 23.5 Å². The maximum atomic E-state index is 9.31. The predicted molar refractivity (Wildman–Crippen MR) is 57.5 cm³/mol. The van der Waals surface area contributed by atoms with Gasteiger partial charge >= 0.3 is 0 Å². The summed E-state index contributed by atoms with van der Waals surface area (Å²) in [4.78, 5) is 3.16. The Morgan fingerprint density at radius 3 is 3.00 bits per heavy atom. The third-order valence-corrected chi connectivity index (χ3v) is 2.36. The molecular weight excluding hydrogens is 182 g/mol. The van der Waals surface area contributed by atoms with E-state index < -0.39 is 0 Å². The molecule has 0 amide bonds. The zero-order valence-electron chi connectivity index (χ0n) is 7.12. The third kappa shape index (κ3) is 1.52. The number of aromatic hydroxyl groups is 1. The Labute approximate surface area is 82.0 Å². The topological polar surface area (TPSA) is 36.0 Å². The summed E-state index contributed by atoms with van der Waals surface area (Å²) in [5, 5.41) is 10.4. The fourth-order valence-electron chi connectivity index (χ4n) is 1.49. The summed E-state index contributed by atoms with van der Waals surface area (Å²) in [6, 6.07) is 5.35. The molecule has 2 aromatic rings. The normalized spacial score (nSPS) is 10.8. The van der Waals surface area contributed by atoms with Crippen LogP contribution in [0.1, 0.15) is 5.56 Å². The molecule has 0 bridgehead atoms. The second-order valence-electron chi connectivity index (χ2n) is 3.02. The van der Waals surface area contributed by atoms with Gasteiger partial charge in [-0.1, -0.05) is 0 Å². The molecule has 3 heteroatoms. The Hall–Kier alpha value is -1.09. The lowest BCUT2D eigenvalue weighted by atomic mass is 10.1. The number of thiol groups is 1. The molecule has 1 aromatic heterocycles. The molecule has 2 N–H and O–H groups in total. The van der Waals surface area contributed by atoms with Crippen LogP contribution in [-0.4, -0.2) is 15.8 Å². The number of hydrogen-bond donors (Lipinski definition) is 3. The number of fused-ring (bicyclic) bond motifs is 1. The third-order valence-electron chi connectivity index (χ3n) is 2.13. The van der Waals surface area contributed by atoms with E-state index in [2.05, 4.69) is 17.6 Å². The van der Waals surface area contributed by atoms with Crippen LogP contribution in [0.3, 0.4) is 0 Å². The number of aryl methyl sites for hydroxylation is 1. The van der Waals surface area contributed by atoms with Crippen LogP contribution in [0.25, 0.3) is 10.9 Å². The predicted octanol–water partition coefficient (Wildman–Crippen LogP) is 2.35. The lowest BCUT2D eigenvalue weighted by molar-refractivity contribution is 0.476. The first-order valence-corrected chi connectivity index (χ1v) is 4.84. The minimum absolute atomic E-state index is 0.313. The minimum atomic E-state index is 0.313. The number of phenols is 1. The molecular formula is C10H11NOS. The largest absolute Gasteiger partial charge is 0.508 e.